The van der Waals surface area contributed by atoms with Gasteiger partial charge in [0.25, 0.3) is 0 Å². The molecule has 6 rings (SSSR count). The van der Waals surface area contributed by atoms with Crippen LogP contribution in [0.1, 0.15) is 11.3 Å². The van der Waals surface area contributed by atoms with E-state index in [0.29, 0.717) is 35.9 Å². The molecule has 39 heavy (non-hydrogen) atoms. The zero-order chi connectivity index (χ0) is 26.8. The van der Waals surface area contributed by atoms with Gasteiger partial charge >= 0.3 is 5.63 Å². The molecule has 0 spiro atoms. The Labute approximate surface area is 222 Å². The zero-order valence-corrected chi connectivity index (χ0v) is 21.4. The second-order valence-electron chi connectivity index (χ2n) is 8.96. The van der Waals surface area contributed by atoms with Gasteiger partial charge in [-0.1, -0.05) is 5.21 Å². The van der Waals surface area contributed by atoms with Gasteiger partial charge in [0.15, 0.2) is 11.5 Å². The van der Waals surface area contributed by atoms with Crippen molar-refractivity contribution in [2.24, 2.45) is 0 Å². The summed E-state index contributed by atoms with van der Waals surface area (Å²) in [6.45, 7) is 3.23. The molecule has 11 nitrogen and oxygen atoms in total. The number of hydrogen-bond acceptors (Lipinski definition) is 9. The molecule has 0 aliphatic rings. The molecule has 0 saturated heterocycles. The topological polar surface area (TPSA) is 122 Å². The third kappa shape index (κ3) is 5.14. The summed E-state index contributed by atoms with van der Waals surface area (Å²) < 4.78 is 20.1. The lowest BCUT2D eigenvalue weighted by Crippen LogP contribution is -2.13. The highest BCUT2D eigenvalue weighted by molar-refractivity contribution is 5.81. The molecule has 4 aromatic heterocycles. The van der Waals surface area contributed by atoms with Crippen molar-refractivity contribution in [3.05, 3.63) is 95.0 Å². The van der Waals surface area contributed by atoms with Gasteiger partial charge in [-0.25, -0.2) is 14.8 Å². The third-order valence-electron chi connectivity index (χ3n) is 6.29. The van der Waals surface area contributed by atoms with Crippen molar-refractivity contribution < 1.29 is 13.9 Å². The van der Waals surface area contributed by atoms with Gasteiger partial charge in [0.05, 0.1) is 25.5 Å². The Morgan fingerprint density at radius 3 is 2.74 bits per heavy atom. The molecule has 0 saturated carbocycles. The Hall–Kier alpha value is -5.19. The number of nitrogens with zero attached hydrogens (tertiary/aromatic N) is 6. The number of methoxy groups -OCH3 is 1. The molecular weight excluding hydrogens is 498 g/mol. The molecular formula is C28H25N7O4. The molecule has 0 bridgehead atoms. The molecule has 4 heterocycles. The molecule has 6 aromatic rings. The average molecular weight is 524 g/mol. The van der Waals surface area contributed by atoms with E-state index in [1.807, 2.05) is 66.3 Å². The van der Waals surface area contributed by atoms with Crippen LogP contribution in [0.4, 0.5) is 5.82 Å². The van der Waals surface area contributed by atoms with Crippen molar-refractivity contribution >= 4 is 22.4 Å². The number of rotatable bonds is 9. The molecule has 0 aliphatic carbocycles. The lowest BCUT2D eigenvalue weighted by atomic mass is 10.1. The highest BCUT2D eigenvalue weighted by Crippen LogP contribution is 2.25. The Bertz CT molecular complexity index is 1820. The predicted octanol–water partition coefficient (Wildman–Crippen LogP) is 4.10. The predicted molar refractivity (Wildman–Crippen MR) is 145 cm³/mol. The first-order valence-electron chi connectivity index (χ1n) is 12.3. The lowest BCUT2D eigenvalue weighted by molar-refractivity contribution is 0.301. The summed E-state index contributed by atoms with van der Waals surface area (Å²) in [6.07, 6.45) is 7.42. The highest BCUT2D eigenvalue weighted by Gasteiger charge is 2.10. The maximum atomic E-state index is 11.7. The van der Waals surface area contributed by atoms with Gasteiger partial charge < -0.3 is 23.6 Å². The first-order chi connectivity index (χ1) is 19.1. The number of nitrogens with one attached hydrogen (secondary N) is 1. The second kappa shape index (κ2) is 10.3. The average Bonchev–Trinajstić information content (AvgIpc) is 3.61. The van der Waals surface area contributed by atoms with Crippen molar-refractivity contribution in [2.45, 2.75) is 20.1 Å². The molecule has 11 heteroatoms. The second-order valence-corrected chi connectivity index (χ2v) is 8.96. The van der Waals surface area contributed by atoms with E-state index in [4.69, 9.17) is 18.9 Å². The van der Waals surface area contributed by atoms with Gasteiger partial charge in [0.2, 0.25) is 0 Å². The number of aryl methyl sites for hydroxylation is 1. The van der Waals surface area contributed by atoms with Gasteiger partial charge in [-0.3, -0.25) is 4.68 Å². The number of fused-ring (bicyclic) bond motifs is 2. The van der Waals surface area contributed by atoms with E-state index in [-0.39, 0.29) is 12.2 Å². The van der Waals surface area contributed by atoms with Crippen LogP contribution in [0.15, 0.2) is 82.5 Å². The van der Waals surface area contributed by atoms with Crippen LogP contribution in [0.2, 0.25) is 0 Å². The van der Waals surface area contributed by atoms with Gasteiger partial charge in [-0.05, 0) is 48.9 Å². The Kier molecular flexibility index (Phi) is 6.37. The fourth-order valence-electron chi connectivity index (χ4n) is 4.31. The summed E-state index contributed by atoms with van der Waals surface area (Å²) in [5.74, 6) is 2.05. The highest BCUT2D eigenvalue weighted by atomic mass is 16.5. The number of anilines is 1. The molecule has 0 fully saturated rings. The normalized spacial score (nSPS) is 11.2. The van der Waals surface area contributed by atoms with E-state index in [2.05, 4.69) is 20.6 Å². The van der Waals surface area contributed by atoms with Crippen molar-refractivity contribution in [1.29, 1.82) is 0 Å². The van der Waals surface area contributed by atoms with Gasteiger partial charge in [0.1, 0.15) is 29.4 Å². The molecule has 0 radical (unpaired) electrons. The molecule has 2 aromatic carbocycles. The maximum absolute atomic E-state index is 11.7. The van der Waals surface area contributed by atoms with E-state index >= 15 is 0 Å². The monoisotopic (exact) mass is 523 g/mol. The Morgan fingerprint density at radius 1 is 1.05 bits per heavy atom. The van der Waals surface area contributed by atoms with Crippen LogP contribution in [-0.2, 0) is 13.2 Å². The fourth-order valence-corrected chi connectivity index (χ4v) is 4.31. The summed E-state index contributed by atoms with van der Waals surface area (Å²) in [5, 5.41) is 12.6. The van der Waals surface area contributed by atoms with Crippen molar-refractivity contribution in [3.8, 4) is 22.8 Å². The quantitative estimate of drug-likeness (QED) is 0.279. The van der Waals surface area contributed by atoms with Crippen LogP contribution in [0.25, 0.3) is 27.9 Å². The first kappa shape index (κ1) is 24.2. The van der Waals surface area contributed by atoms with Gasteiger partial charge in [0, 0.05) is 48.2 Å². The van der Waals surface area contributed by atoms with E-state index in [1.165, 1.54) is 6.07 Å². The number of benzene rings is 2. The summed E-state index contributed by atoms with van der Waals surface area (Å²) in [4.78, 5) is 20.9. The van der Waals surface area contributed by atoms with Crippen LogP contribution < -0.4 is 20.4 Å². The summed E-state index contributed by atoms with van der Waals surface area (Å²) in [6, 6.07) is 14.7. The van der Waals surface area contributed by atoms with Crippen LogP contribution in [0.3, 0.4) is 0 Å². The van der Waals surface area contributed by atoms with E-state index < -0.39 is 0 Å². The molecule has 0 atom stereocenters. The minimum atomic E-state index is -0.384. The number of aromatic nitrogens is 6. The SMILES string of the molecule is COc1ccc(-c2cn3ccnc3c(NCCn3cc(COc4ccc5c(C)cc(=O)oc5c4)nn3)n2)cc1. The van der Waals surface area contributed by atoms with Crippen molar-refractivity contribution in [3.63, 3.8) is 0 Å². The molecule has 0 amide bonds. The first-order valence-corrected chi connectivity index (χ1v) is 12.3. The van der Waals surface area contributed by atoms with Crippen LogP contribution >= 0.6 is 0 Å². The zero-order valence-electron chi connectivity index (χ0n) is 21.4. The van der Waals surface area contributed by atoms with E-state index in [1.54, 1.807) is 24.1 Å². The maximum Gasteiger partial charge on any atom is 0.336 e. The van der Waals surface area contributed by atoms with Crippen molar-refractivity contribution in [1.82, 2.24) is 29.4 Å². The number of imidazole rings is 1. The minimum absolute atomic E-state index is 0.231. The lowest BCUT2D eigenvalue weighted by Gasteiger charge is -2.10. The smallest absolute Gasteiger partial charge is 0.336 e. The van der Waals surface area contributed by atoms with E-state index in [0.717, 1.165) is 33.6 Å². The summed E-state index contributed by atoms with van der Waals surface area (Å²) >= 11 is 0. The van der Waals surface area contributed by atoms with Crippen LogP contribution in [0, 0.1) is 6.92 Å². The summed E-state index contributed by atoms with van der Waals surface area (Å²) in [7, 11) is 1.64. The number of ether oxygens (including phenoxy) is 2. The van der Waals surface area contributed by atoms with Crippen LogP contribution in [0.5, 0.6) is 11.5 Å². The fraction of sp³-hybridized carbons (Fsp3) is 0.179. The Balaban J connectivity index is 1.09. The van der Waals surface area contributed by atoms with Gasteiger partial charge in [-0.15, -0.1) is 5.10 Å². The van der Waals surface area contributed by atoms with Crippen molar-refractivity contribution in [2.75, 3.05) is 19.0 Å². The van der Waals surface area contributed by atoms with Crippen LogP contribution in [-0.4, -0.2) is 43.0 Å². The molecule has 196 valence electrons. The number of hydrogen-bond donors (Lipinski definition) is 1. The standard InChI is InChI=1S/C28H25N7O4/c1-18-13-26(36)39-25-14-22(7-8-23(18)25)38-17-20-15-35(33-32-20)12-10-29-27-28-30-9-11-34(28)16-24(31-27)19-3-5-21(37-2)6-4-19/h3-9,11,13-16H,10,12,17H2,1-2H3,(H,29,31). The molecule has 0 unspecified atom stereocenters. The third-order valence-corrected chi connectivity index (χ3v) is 6.29. The Morgan fingerprint density at radius 2 is 1.90 bits per heavy atom. The molecule has 1 N–H and O–H groups in total. The summed E-state index contributed by atoms with van der Waals surface area (Å²) in [5.41, 5.74) is 4.17. The van der Waals surface area contributed by atoms with Gasteiger partial charge in [-0.2, -0.15) is 0 Å². The largest absolute Gasteiger partial charge is 0.497 e. The molecule has 0 aliphatic heterocycles. The minimum Gasteiger partial charge on any atom is -0.497 e. The van der Waals surface area contributed by atoms with E-state index in [9.17, 15) is 4.79 Å².